The third kappa shape index (κ3) is 4.96. The lowest BCUT2D eigenvalue weighted by Crippen LogP contribution is -2.64. The van der Waals surface area contributed by atoms with Crippen molar-refractivity contribution in [2.45, 2.75) is 57.8 Å². The van der Waals surface area contributed by atoms with E-state index in [0.717, 1.165) is 5.56 Å². The first-order valence-electron chi connectivity index (χ1n) is 11.5. The second-order valence-electron chi connectivity index (χ2n) is 10.2. The molecule has 1 spiro atoms. The molecule has 3 heterocycles. The number of benzene rings is 1. The molecule has 4 rings (SSSR count). The molecule has 33 heavy (non-hydrogen) atoms. The number of piperidine rings is 1. The van der Waals surface area contributed by atoms with Gasteiger partial charge < -0.3 is 19.5 Å². The van der Waals surface area contributed by atoms with E-state index in [2.05, 4.69) is 4.98 Å². The summed E-state index contributed by atoms with van der Waals surface area (Å²) < 4.78 is 12.6. The minimum Gasteiger partial charge on any atom is -0.444 e. The van der Waals surface area contributed by atoms with Crippen molar-refractivity contribution < 1.29 is 19.4 Å². The molecule has 0 saturated carbocycles. The summed E-state index contributed by atoms with van der Waals surface area (Å²) in [7, 11) is 0. The summed E-state index contributed by atoms with van der Waals surface area (Å²) in [6, 6.07) is 11.0. The van der Waals surface area contributed by atoms with Crippen LogP contribution in [0.15, 0.2) is 47.5 Å². The predicted octanol–water partition coefficient (Wildman–Crippen LogP) is 3.08. The van der Waals surface area contributed by atoms with Gasteiger partial charge in [0.05, 0.1) is 24.2 Å². The van der Waals surface area contributed by atoms with Crippen LogP contribution in [0.1, 0.15) is 40.0 Å². The minimum atomic E-state index is -1.17. The number of ether oxygens (including phenoxy) is 2. The molecule has 1 aromatic carbocycles. The SMILES string of the molecule is CC(C)(C)OC(=O)N1CCC(O)(Cn2cnc(-c3ccccc3)cc2=O)C2(CCOCC2)C1. The third-order valence-electron chi connectivity index (χ3n) is 6.76. The molecule has 0 aliphatic carbocycles. The Morgan fingerprint density at radius 2 is 1.88 bits per heavy atom. The van der Waals surface area contributed by atoms with Gasteiger partial charge in [0.2, 0.25) is 0 Å². The van der Waals surface area contributed by atoms with Gasteiger partial charge in [-0.05, 0) is 40.0 Å². The molecule has 1 aromatic heterocycles. The Bertz CT molecular complexity index is 1040. The van der Waals surface area contributed by atoms with Gasteiger partial charge in [-0.15, -0.1) is 0 Å². The topological polar surface area (TPSA) is 93.9 Å². The summed E-state index contributed by atoms with van der Waals surface area (Å²) in [6.45, 7) is 7.38. The molecule has 178 valence electrons. The van der Waals surface area contributed by atoms with Crippen LogP contribution in [0.5, 0.6) is 0 Å². The monoisotopic (exact) mass is 455 g/mol. The highest BCUT2D eigenvalue weighted by Gasteiger charge is 2.55. The van der Waals surface area contributed by atoms with Crippen LogP contribution in [-0.4, -0.2) is 63.2 Å². The molecule has 1 N–H and O–H groups in total. The average molecular weight is 456 g/mol. The molecule has 1 atom stereocenters. The number of nitrogens with zero attached hydrogens (tertiary/aromatic N) is 3. The van der Waals surface area contributed by atoms with Gasteiger partial charge in [0.25, 0.3) is 5.56 Å². The Kier molecular flexibility index (Phi) is 6.33. The van der Waals surface area contributed by atoms with E-state index in [4.69, 9.17) is 9.47 Å². The van der Waals surface area contributed by atoms with E-state index >= 15 is 0 Å². The van der Waals surface area contributed by atoms with Gasteiger partial charge in [-0.3, -0.25) is 9.36 Å². The normalized spacial score (nSPS) is 22.8. The zero-order chi connectivity index (χ0) is 23.7. The number of amides is 1. The molecule has 2 saturated heterocycles. The van der Waals surface area contributed by atoms with Crippen molar-refractivity contribution in [3.05, 3.63) is 53.1 Å². The zero-order valence-corrected chi connectivity index (χ0v) is 19.6. The number of hydrogen-bond acceptors (Lipinski definition) is 6. The standard InChI is InChI=1S/C25H33N3O5/c1-23(2,3)33-22(30)27-12-9-25(31,24(16-27)10-13-32-14-11-24)17-28-18-26-20(15-21(28)29)19-7-5-4-6-8-19/h4-8,15,18,31H,9-14,16-17H2,1-3H3. The molecule has 1 amide bonds. The second-order valence-corrected chi connectivity index (χ2v) is 10.2. The Balaban J connectivity index is 1.59. The Labute approximate surface area is 194 Å². The summed E-state index contributed by atoms with van der Waals surface area (Å²) in [6.07, 6.45) is 2.69. The van der Waals surface area contributed by atoms with Crippen LogP contribution in [0, 0.1) is 5.41 Å². The van der Waals surface area contributed by atoms with Crippen molar-refractivity contribution in [2.24, 2.45) is 5.41 Å². The van der Waals surface area contributed by atoms with Gasteiger partial charge in [-0.2, -0.15) is 0 Å². The number of aromatic nitrogens is 2. The first-order chi connectivity index (χ1) is 15.6. The lowest BCUT2D eigenvalue weighted by Gasteiger charge is -2.55. The summed E-state index contributed by atoms with van der Waals surface area (Å²) in [5, 5.41) is 11.9. The van der Waals surface area contributed by atoms with E-state index in [1.54, 1.807) is 4.90 Å². The fraction of sp³-hybridized carbons (Fsp3) is 0.560. The maximum atomic E-state index is 12.9. The molecule has 2 aliphatic heterocycles. The maximum absolute atomic E-state index is 12.9. The van der Waals surface area contributed by atoms with Crippen LogP contribution in [0.25, 0.3) is 11.3 Å². The van der Waals surface area contributed by atoms with Crippen LogP contribution in [0.2, 0.25) is 0 Å². The molecule has 1 unspecified atom stereocenters. The lowest BCUT2D eigenvalue weighted by atomic mass is 9.63. The van der Waals surface area contributed by atoms with Crippen molar-refractivity contribution in [2.75, 3.05) is 26.3 Å². The van der Waals surface area contributed by atoms with E-state index in [1.165, 1.54) is 17.0 Å². The van der Waals surface area contributed by atoms with E-state index in [1.807, 2.05) is 51.1 Å². The fourth-order valence-corrected chi connectivity index (χ4v) is 4.88. The van der Waals surface area contributed by atoms with Crippen LogP contribution < -0.4 is 5.56 Å². The van der Waals surface area contributed by atoms with Gasteiger partial charge in [-0.25, -0.2) is 9.78 Å². The molecule has 2 fully saturated rings. The predicted molar refractivity (Wildman–Crippen MR) is 124 cm³/mol. The summed E-state index contributed by atoms with van der Waals surface area (Å²) in [4.78, 5) is 31.8. The molecule has 8 heteroatoms. The van der Waals surface area contributed by atoms with Crippen molar-refractivity contribution in [3.63, 3.8) is 0 Å². The highest BCUT2D eigenvalue weighted by Crippen LogP contribution is 2.47. The highest BCUT2D eigenvalue weighted by molar-refractivity contribution is 5.68. The van der Waals surface area contributed by atoms with Crippen molar-refractivity contribution >= 4 is 6.09 Å². The second kappa shape index (κ2) is 8.91. The summed E-state index contributed by atoms with van der Waals surface area (Å²) in [5.41, 5.74) is -1.09. The van der Waals surface area contributed by atoms with Gasteiger partial charge in [0, 0.05) is 43.3 Å². The average Bonchev–Trinajstić information content (AvgIpc) is 2.77. The van der Waals surface area contributed by atoms with Crippen LogP contribution in [-0.2, 0) is 16.0 Å². The Morgan fingerprint density at radius 3 is 2.52 bits per heavy atom. The van der Waals surface area contributed by atoms with Crippen LogP contribution in [0.4, 0.5) is 4.79 Å². The van der Waals surface area contributed by atoms with Crippen molar-refractivity contribution in [3.8, 4) is 11.3 Å². The van der Waals surface area contributed by atoms with E-state index < -0.39 is 16.6 Å². The fourth-order valence-electron chi connectivity index (χ4n) is 4.88. The molecular weight excluding hydrogens is 422 g/mol. The molecule has 2 aliphatic rings. The number of likely N-dealkylation sites (tertiary alicyclic amines) is 1. The van der Waals surface area contributed by atoms with Gasteiger partial charge in [0.1, 0.15) is 5.60 Å². The smallest absolute Gasteiger partial charge is 0.410 e. The summed E-state index contributed by atoms with van der Waals surface area (Å²) in [5.74, 6) is 0. The Hall–Kier alpha value is -2.71. The van der Waals surface area contributed by atoms with E-state index in [-0.39, 0.29) is 18.2 Å². The third-order valence-corrected chi connectivity index (χ3v) is 6.76. The number of hydrogen-bond donors (Lipinski definition) is 1. The minimum absolute atomic E-state index is 0.121. The summed E-state index contributed by atoms with van der Waals surface area (Å²) >= 11 is 0. The van der Waals surface area contributed by atoms with Gasteiger partial charge >= 0.3 is 6.09 Å². The Morgan fingerprint density at radius 1 is 1.18 bits per heavy atom. The molecule has 2 aromatic rings. The number of aliphatic hydroxyl groups is 1. The van der Waals surface area contributed by atoms with E-state index in [0.29, 0.717) is 51.3 Å². The molecule has 0 radical (unpaired) electrons. The number of carbonyl (C=O) groups is 1. The number of carbonyl (C=O) groups excluding carboxylic acids is 1. The van der Waals surface area contributed by atoms with Crippen molar-refractivity contribution in [1.29, 1.82) is 0 Å². The highest BCUT2D eigenvalue weighted by atomic mass is 16.6. The van der Waals surface area contributed by atoms with Gasteiger partial charge in [-0.1, -0.05) is 30.3 Å². The number of rotatable bonds is 3. The van der Waals surface area contributed by atoms with Gasteiger partial charge in [0.15, 0.2) is 0 Å². The molecule has 8 nitrogen and oxygen atoms in total. The quantitative estimate of drug-likeness (QED) is 0.765. The first-order valence-corrected chi connectivity index (χ1v) is 11.5. The van der Waals surface area contributed by atoms with Crippen molar-refractivity contribution in [1.82, 2.24) is 14.5 Å². The zero-order valence-electron chi connectivity index (χ0n) is 19.6. The molecular formula is C25H33N3O5. The van der Waals surface area contributed by atoms with Crippen LogP contribution in [0.3, 0.4) is 0 Å². The maximum Gasteiger partial charge on any atom is 0.410 e. The largest absolute Gasteiger partial charge is 0.444 e. The van der Waals surface area contributed by atoms with E-state index in [9.17, 15) is 14.7 Å². The van der Waals surface area contributed by atoms with Crippen LogP contribution >= 0.6 is 0 Å². The molecule has 0 bridgehead atoms. The first kappa shape index (κ1) is 23.4. The lowest BCUT2D eigenvalue weighted by molar-refractivity contribution is -0.176.